The Bertz CT molecular complexity index is 160. The van der Waals surface area contributed by atoms with Crippen molar-refractivity contribution in [1.29, 1.82) is 0 Å². The number of rotatable bonds is 11. The molecule has 17 heavy (non-hydrogen) atoms. The maximum absolute atomic E-state index is 6.33. The van der Waals surface area contributed by atoms with Gasteiger partial charge in [-0.05, 0) is 18.3 Å². The largest absolute Gasteiger partial charge is 0.380 e. The highest BCUT2D eigenvalue weighted by Crippen LogP contribution is 2.17. The Kier molecular flexibility index (Phi) is 11.4. The molecule has 0 amide bonds. The van der Waals surface area contributed by atoms with Crippen molar-refractivity contribution >= 4 is 11.6 Å². The molecule has 0 bridgehead atoms. The predicted octanol–water partition coefficient (Wildman–Crippen LogP) is 3.68. The van der Waals surface area contributed by atoms with Crippen molar-refractivity contribution in [3.8, 4) is 0 Å². The molecule has 3 heteroatoms. The number of ether oxygens (including phenoxy) is 1. The van der Waals surface area contributed by atoms with Gasteiger partial charge in [0.25, 0.3) is 0 Å². The summed E-state index contributed by atoms with van der Waals surface area (Å²) < 4.78 is 5.53. The predicted molar refractivity (Wildman–Crippen MR) is 76.9 cm³/mol. The molecule has 2 nitrogen and oxygen atoms in total. The first kappa shape index (κ1) is 17.2. The topological polar surface area (TPSA) is 21.3 Å². The molecule has 0 fully saturated rings. The Morgan fingerprint density at radius 3 is 2.29 bits per heavy atom. The number of hydrogen-bond donors (Lipinski definition) is 1. The highest BCUT2D eigenvalue weighted by atomic mass is 35.5. The fourth-order valence-electron chi connectivity index (χ4n) is 1.77. The molecule has 1 atom stereocenters. The number of halogens is 1. The van der Waals surface area contributed by atoms with Gasteiger partial charge < -0.3 is 10.1 Å². The van der Waals surface area contributed by atoms with Crippen LogP contribution in [0.3, 0.4) is 0 Å². The van der Waals surface area contributed by atoms with Crippen LogP contribution in [0, 0.1) is 11.8 Å². The van der Waals surface area contributed by atoms with E-state index in [1.807, 2.05) is 0 Å². The molecule has 0 aliphatic rings. The molecule has 104 valence electrons. The lowest BCUT2D eigenvalue weighted by molar-refractivity contribution is 0.125. The summed E-state index contributed by atoms with van der Waals surface area (Å²) in [5.74, 6) is 1.36. The van der Waals surface area contributed by atoms with E-state index in [9.17, 15) is 0 Å². The number of alkyl halides is 1. The van der Waals surface area contributed by atoms with Gasteiger partial charge in [-0.2, -0.15) is 0 Å². The van der Waals surface area contributed by atoms with Gasteiger partial charge in [0.15, 0.2) is 0 Å². The third kappa shape index (κ3) is 9.87. The van der Waals surface area contributed by atoms with E-state index in [1.165, 1.54) is 0 Å². The van der Waals surface area contributed by atoms with Crippen LogP contribution in [0.25, 0.3) is 0 Å². The van der Waals surface area contributed by atoms with Gasteiger partial charge in [-0.1, -0.05) is 40.5 Å². The van der Waals surface area contributed by atoms with E-state index in [1.54, 1.807) is 0 Å². The van der Waals surface area contributed by atoms with E-state index < -0.39 is 0 Å². The van der Waals surface area contributed by atoms with Crippen LogP contribution in [0.15, 0.2) is 0 Å². The number of nitrogens with one attached hydrogen (secondary N) is 1. The summed E-state index contributed by atoms with van der Waals surface area (Å²) in [6.07, 6.45) is 3.47. The smallest absolute Gasteiger partial charge is 0.0590 e. The first-order valence-electron chi connectivity index (χ1n) is 7.04. The van der Waals surface area contributed by atoms with Gasteiger partial charge in [-0.25, -0.2) is 0 Å². The van der Waals surface area contributed by atoms with Crippen LogP contribution >= 0.6 is 11.6 Å². The Labute approximate surface area is 112 Å². The van der Waals surface area contributed by atoms with Crippen LogP contribution in [0.1, 0.15) is 47.0 Å². The first-order chi connectivity index (χ1) is 8.11. The fourth-order valence-corrected chi connectivity index (χ4v) is 2.24. The normalized spacial score (nSPS) is 13.6. The molecule has 0 aromatic carbocycles. The monoisotopic (exact) mass is 263 g/mol. The van der Waals surface area contributed by atoms with Crippen molar-refractivity contribution in [3.63, 3.8) is 0 Å². The van der Waals surface area contributed by atoms with Crippen LogP contribution in [-0.2, 0) is 4.74 Å². The molecule has 0 saturated heterocycles. The van der Waals surface area contributed by atoms with E-state index in [2.05, 4.69) is 33.0 Å². The SMILES string of the molecule is CCC(CC)C(Cl)CNCCOCCC(C)C. The Morgan fingerprint density at radius 2 is 1.76 bits per heavy atom. The zero-order valence-electron chi connectivity index (χ0n) is 12.0. The lowest BCUT2D eigenvalue weighted by atomic mass is 9.99. The molecule has 0 heterocycles. The molecule has 0 radical (unpaired) electrons. The van der Waals surface area contributed by atoms with Crippen LogP contribution < -0.4 is 5.32 Å². The Hall–Kier alpha value is 0.210. The van der Waals surface area contributed by atoms with Gasteiger partial charge >= 0.3 is 0 Å². The minimum absolute atomic E-state index is 0.251. The minimum atomic E-state index is 0.251. The van der Waals surface area contributed by atoms with Gasteiger partial charge in [0.1, 0.15) is 0 Å². The summed E-state index contributed by atoms with van der Waals surface area (Å²) in [5.41, 5.74) is 0. The van der Waals surface area contributed by atoms with Crippen LogP contribution in [0.4, 0.5) is 0 Å². The van der Waals surface area contributed by atoms with Gasteiger partial charge in [0.2, 0.25) is 0 Å². The lowest BCUT2D eigenvalue weighted by Gasteiger charge is -2.19. The van der Waals surface area contributed by atoms with Crippen LogP contribution in [-0.4, -0.2) is 31.7 Å². The zero-order valence-corrected chi connectivity index (χ0v) is 12.7. The molecule has 0 rings (SSSR count). The van der Waals surface area contributed by atoms with Crippen LogP contribution in [0.2, 0.25) is 0 Å². The summed E-state index contributed by atoms with van der Waals surface area (Å²) in [6, 6.07) is 0. The van der Waals surface area contributed by atoms with Crippen molar-refractivity contribution in [3.05, 3.63) is 0 Å². The van der Waals surface area contributed by atoms with Gasteiger partial charge in [-0.15, -0.1) is 11.6 Å². The van der Waals surface area contributed by atoms with Crippen LogP contribution in [0.5, 0.6) is 0 Å². The van der Waals surface area contributed by atoms with E-state index in [4.69, 9.17) is 16.3 Å². The van der Waals surface area contributed by atoms with Gasteiger partial charge in [0.05, 0.1) is 6.61 Å². The third-order valence-electron chi connectivity index (χ3n) is 3.16. The second kappa shape index (κ2) is 11.3. The summed E-state index contributed by atoms with van der Waals surface area (Å²) >= 11 is 6.33. The first-order valence-corrected chi connectivity index (χ1v) is 7.47. The lowest BCUT2D eigenvalue weighted by Crippen LogP contribution is -2.31. The molecule has 1 unspecified atom stereocenters. The summed E-state index contributed by atoms with van der Waals surface area (Å²) in [7, 11) is 0. The van der Waals surface area contributed by atoms with Crippen molar-refractivity contribution in [2.24, 2.45) is 11.8 Å². The maximum atomic E-state index is 6.33. The second-order valence-corrected chi connectivity index (χ2v) is 5.65. The number of hydrogen-bond acceptors (Lipinski definition) is 2. The average Bonchev–Trinajstić information content (AvgIpc) is 2.29. The maximum Gasteiger partial charge on any atom is 0.0590 e. The third-order valence-corrected chi connectivity index (χ3v) is 3.67. The average molecular weight is 264 g/mol. The Morgan fingerprint density at radius 1 is 1.12 bits per heavy atom. The van der Waals surface area contributed by atoms with Crippen molar-refractivity contribution < 1.29 is 4.74 Å². The summed E-state index contributed by atoms with van der Waals surface area (Å²) in [6.45, 7) is 12.3. The molecule has 0 aliphatic heterocycles. The van der Waals surface area contributed by atoms with Gasteiger partial charge in [-0.3, -0.25) is 0 Å². The Balaban J connectivity index is 3.33. The van der Waals surface area contributed by atoms with Crippen molar-refractivity contribution in [2.45, 2.75) is 52.3 Å². The summed E-state index contributed by atoms with van der Waals surface area (Å²) in [5, 5.41) is 3.62. The highest BCUT2D eigenvalue weighted by molar-refractivity contribution is 6.21. The minimum Gasteiger partial charge on any atom is -0.380 e. The standard InChI is InChI=1S/C14H30ClNO/c1-5-13(6-2)14(15)11-16-8-10-17-9-7-12(3)4/h12-14,16H,5-11H2,1-4H3. The molecule has 0 spiro atoms. The molecule has 1 N–H and O–H groups in total. The molecule has 0 aromatic heterocycles. The fraction of sp³-hybridized carbons (Fsp3) is 1.00. The molecule has 0 saturated carbocycles. The van der Waals surface area contributed by atoms with E-state index >= 15 is 0 Å². The zero-order chi connectivity index (χ0) is 13.1. The quantitative estimate of drug-likeness (QED) is 0.454. The molecule has 0 aliphatic carbocycles. The second-order valence-electron chi connectivity index (χ2n) is 5.09. The molecular weight excluding hydrogens is 234 g/mol. The van der Waals surface area contributed by atoms with E-state index in [0.717, 1.165) is 51.5 Å². The van der Waals surface area contributed by atoms with E-state index in [-0.39, 0.29) is 5.38 Å². The molecular formula is C14H30ClNO. The van der Waals surface area contributed by atoms with Crippen molar-refractivity contribution in [1.82, 2.24) is 5.32 Å². The van der Waals surface area contributed by atoms with Gasteiger partial charge in [0, 0.05) is 25.1 Å². The highest BCUT2D eigenvalue weighted by Gasteiger charge is 2.14. The van der Waals surface area contributed by atoms with Crippen molar-refractivity contribution in [2.75, 3.05) is 26.3 Å². The molecule has 0 aromatic rings. The summed E-state index contributed by atoms with van der Waals surface area (Å²) in [4.78, 5) is 0. The van der Waals surface area contributed by atoms with E-state index in [0.29, 0.717) is 5.92 Å².